The summed E-state index contributed by atoms with van der Waals surface area (Å²) in [5.74, 6) is 0.957. The molecule has 0 aliphatic heterocycles. The molecule has 1 heterocycles. The van der Waals surface area contributed by atoms with E-state index in [1.807, 2.05) is 35.0 Å². The number of hydrogen-bond donors (Lipinski definition) is 3. The Morgan fingerprint density at radius 2 is 1.41 bits per heavy atom. The normalized spacial score (nSPS) is 10.7. The first-order valence-electron chi connectivity index (χ1n) is 6.97. The number of nitrogen functional groups attached to an aromatic ring is 1. The number of aromatic nitrogens is 2. The second kappa shape index (κ2) is 5.81. The number of rotatable bonds is 4. The summed E-state index contributed by atoms with van der Waals surface area (Å²) in [5.41, 5.74) is 8.94. The molecule has 3 rings (SSSR count). The van der Waals surface area contributed by atoms with E-state index in [9.17, 15) is 10.2 Å². The predicted molar refractivity (Wildman–Crippen MR) is 84.8 cm³/mol. The molecule has 0 atom stereocenters. The first-order valence-corrected chi connectivity index (χ1v) is 6.97. The Hall–Kier alpha value is -2.95. The molecule has 22 heavy (non-hydrogen) atoms. The molecule has 0 radical (unpaired) electrons. The van der Waals surface area contributed by atoms with Crippen molar-refractivity contribution in [1.29, 1.82) is 0 Å². The van der Waals surface area contributed by atoms with Crippen LogP contribution in [0.5, 0.6) is 11.5 Å². The van der Waals surface area contributed by atoms with E-state index in [4.69, 9.17) is 5.73 Å². The minimum Gasteiger partial charge on any atom is -0.508 e. The van der Waals surface area contributed by atoms with Crippen LogP contribution >= 0.6 is 0 Å². The van der Waals surface area contributed by atoms with Crippen molar-refractivity contribution in [3.63, 3.8) is 0 Å². The smallest absolute Gasteiger partial charge is 0.200 e. The second-order valence-electron chi connectivity index (χ2n) is 5.23. The number of anilines is 1. The van der Waals surface area contributed by atoms with Crippen LogP contribution in [0.1, 0.15) is 16.8 Å². The average Bonchev–Trinajstić information content (AvgIpc) is 2.84. The highest BCUT2D eigenvalue weighted by molar-refractivity contribution is 5.32. The Balaban J connectivity index is 1.75. The van der Waals surface area contributed by atoms with E-state index in [0.29, 0.717) is 18.9 Å². The molecule has 5 nitrogen and oxygen atoms in total. The van der Waals surface area contributed by atoms with Crippen LogP contribution in [0, 0.1) is 0 Å². The van der Waals surface area contributed by atoms with E-state index in [1.54, 1.807) is 24.3 Å². The van der Waals surface area contributed by atoms with Gasteiger partial charge in [-0.15, -0.1) is 0 Å². The maximum absolute atomic E-state index is 9.30. The molecule has 0 fully saturated rings. The molecule has 0 aliphatic carbocycles. The largest absolute Gasteiger partial charge is 0.508 e. The first-order chi connectivity index (χ1) is 10.6. The summed E-state index contributed by atoms with van der Waals surface area (Å²) in [4.78, 5) is 4.37. The predicted octanol–water partition coefficient (Wildman–Crippen LogP) is 2.52. The minimum atomic E-state index is 0.246. The summed E-state index contributed by atoms with van der Waals surface area (Å²) >= 11 is 0. The van der Waals surface area contributed by atoms with Gasteiger partial charge < -0.3 is 20.5 Å². The maximum Gasteiger partial charge on any atom is 0.200 e. The Morgan fingerprint density at radius 1 is 0.864 bits per heavy atom. The van der Waals surface area contributed by atoms with Gasteiger partial charge in [-0.2, -0.15) is 0 Å². The third-order valence-electron chi connectivity index (χ3n) is 3.47. The molecule has 0 saturated carbocycles. The SMILES string of the molecule is Nc1nc(Cc2ccc(O)cc2)cn1Cc1ccc(O)cc1. The third kappa shape index (κ3) is 3.20. The van der Waals surface area contributed by atoms with Crippen molar-refractivity contribution in [2.75, 3.05) is 5.73 Å². The van der Waals surface area contributed by atoms with Crippen LogP contribution in [0.25, 0.3) is 0 Å². The van der Waals surface area contributed by atoms with Crippen molar-refractivity contribution in [3.05, 3.63) is 71.5 Å². The van der Waals surface area contributed by atoms with Gasteiger partial charge in [0.05, 0.1) is 12.2 Å². The van der Waals surface area contributed by atoms with E-state index in [1.165, 1.54) is 0 Å². The maximum atomic E-state index is 9.30. The minimum absolute atomic E-state index is 0.246. The molecule has 0 spiro atoms. The Morgan fingerprint density at radius 3 is 2.00 bits per heavy atom. The summed E-state index contributed by atoms with van der Waals surface area (Å²) in [5, 5.41) is 18.6. The van der Waals surface area contributed by atoms with Gasteiger partial charge in [0.15, 0.2) is 0 Å². The van der Waals surface area contributed by atoms with Gasteiger partial charge in [-0.3, -0.25) is 0 Å². The van der Waals surface area contributed by atoms with Crippen molar-refractivity contribution >= 4 is 5.95 Å². The third-order valence-corrected chi connectivity index (χ3v) is 3.47. The number of nitrogens with zero attached hydrogens (tertiary/aromatic N) is 2. The fraction of sp³-hybridized carbons (Fsp3) is 0.118. The first kappa shape index (κ1) is 14.0. The van der Waals surface area contributed by atoms with Crippen LogP contribution in [0.4, 0.5) is 5.95 Å². The molecular formula is C17H17N3O2. The molecule has 112 valence electrons. The van der Waals surface area contributed by atoms with E-state index < -0.39 is 0 Å². The van der Waals surface area contributed by atoms with Gasteiger partial charge in [0.1, 0.15) is 11.5 Å². The number of nitrogens with two attached hydrogens (primary N) is 1. The topological polar surface area (TPSA) is 84.3 Å². The summed E-state index contributed by atoms with van der Waals surface area (Å²) < 4.78 is 1.88. The quantitative estimate of drug-likeness (QED) is 0.690. The zero-order chi connectivity index (χ0) is 15.5. The highest BCUT2D eigenvalue weighted by atomic mass is 16.3. The lowest BCUT2D eigenvalue weighted by Crippen LogP contribution is -2.03. The fourth-order valence-corrected chi connectivity index (χ4v) is 2.32. The van der Waals surface area contributed by atoms with Crippen LogP contribution in [0.15, 0.2) is 54.7 Å². The molecule has 0 bridgehead atoms. The monoisotopic (exact) mass is 295 g/mol. The van der Waals surface area contributed by atoms with Gasteiger partial charge in [-0.1, -0.05) is 24.3 Å². The Bertz CT molecular complexity index is 762. The van der Waals surface area contributed by atoms with Crippen molar-refractivity contribution in [3.8, 4) is 11.5 Å². The molecule has 5 heteroatoms. The van der Waals surface area contributed by atoms with Crippen LogP contribution < -0.4 is 5.73 Å². The zero-order valence-electron chi connectivity index (χ0n) is 12.0. The standard InChI is InChI=1S/C17H17N3O2/c18-17-19-14(9-12-1-5-15(21)6-2-12)11-20(17)10-13-3-7-16(22)8-4-13/h1-8,11,21-22H,9-10H2,(H2,18,19). The van der Waals surface area contributed by atoms with Gasteiger partial charge >= 0.3 is 0 Å². The van der Waals surface area contributed by atoms with Crippen molar-refractivity contribution in [2.24, 2.45) is 0 Å². The van der Waals surface area contributed by atoms with Crippen molar-refractivity contribution in [1.82, 2.24) is 9.55 Å². The van der Waals surface area contributed by atoms with E-state index in [2.05, 4.69) is 4.98 Å². The van der Waals surface area contributed by atoms with E-state index in [0.717, 1.165) is 16.8 Å². The second-order valence-corrected chi connectivity index (χ2v) is 5.23. The molecule has 0 saturated heterocycles. The van der Waals surface area contributed by atoms with Crippen LogP contribution in [0.3, 0.4) is 0 Å². The number of aromatic hydroxyl groups is 2. The van der Waals surface area contributed by atoms with Crippen LogP contribution in [-0.4, -0.2) is 19.8 Å². The van der Waals surface area contributed by atoms with Crippen molar-refractivity contribution in [2.45, 2.75) is 13.0 Å². The Kier molecular flexibility index (Phi) is 3.70. The zero-order valence-corrected chi connectivity index (χ0v) is 12.0. The Labute approximate surface area is 128 Å². The van der Waals surface area contributed by atoms with E-state index >= 15 is 0 Å². The number of hydrogen-bond acceptors (Lipinski definition) is 4. The average molecular weight is 295 g/mol. The van der Waals surface area contributed by atoms with Gasteiger partial charge in [0.2, 0.25) is 5.95 Å². The molecule has 0 unspecified atom stereocenters. The van der Waals surface area contributed by atoms with Crippen LogP contribution in [0.2, 0.25) is 0 Å². The summed E-state index contributed by atoms with van der Waals surface area (Å²) in [6.45, 7) is 0.606. The highest BCUT2D eigenvalue weighted by Gasteiger charge is 2.07. The lowest BCUT2D eigenvalue weighted by molar-refractivity contribution is 0.474. The molecule has 0 amide bonds. The summed E-state index contributed by atoms with van der Waals surface area (Å²) in [7, 11) is 0. The molecule has 2 aromatic carbocycles. The summed E-state index contributed by atoms with van der Waals surface area (Å²) in [6, 6.07) is 14.1. The van der Waals surface area contributed by atoms with Gasteiger partial charge in [-0.25, -0.2) is 4.98 Å². The fourth-order valence-electron chi connectivity index (χ4n) is 2.32. The van der Waals surface area contributed by atoms with Crippen LogP contribution in [-0.2, 0) is 13.0 Å². The van der Waals surface area contributed by atoms with Gasteiger partial charge in [0.25, 0.3) is 0 Å². The lowest BCUT2D eigenvalue weighted by atomic mass is 10.1. The molecule has 0 aliphatic rings. The number of imidazole rings is 1. The molecular weight excluding hydrogens is 278 g/mol. The molecule has 4 N–H and O–H groups in total. The number of phenols is 2. The number of benzene rings is 2. The van der Waals surface area contributed by atoms with Crippen molar-refractivity contribution < 1.29 is 10.2 Å². The summed E-state index contributed by atoms with van der Waals surface area (Å²) in [6.07, 6.45) is 2.59. The van der Waals surface area contributed by atoms with E-state index in [-0.39, 0.29) is 11.5 Å². The van der Waals surface area contributed by atoms with Gasteiger partial charge in [-0.05, 0) is 35.4 Å². The molecule has 3 aromatic rings. The van der Waals surface area contributed by atoms with Gasteiger partial charge in [0, 0.05) is 12.6 Å². The molecule has 1 aromatic heterocycles. The number of phenolic OH excluding ortho intramolecular Hbond substituents is 2. The highest BCUT2D eigenvalue weighted by Crippen LogP contribution is 2.17. The lowest BCUT2D eigenvalue weighted by Gasteiger charge is -2.04.